The number of hydrogen-bond acceptors (Lipinski definition) is 4. The fraction of sp³-hybridized carbons (Fsp3) is 0.333. The van der Waals surface area contributed by atoms with Crippen molar-refractivity contribution in [1.82, 2.24) is 4.31 Å². The van der Waals surface area contributed by atoms with Crippen molar-refractivity contribution < 1.29 is 17.9 Å². The topological polar surface area (TPSA) is 55.8 Å². The Morgan fingerprint density at radius 1 is 1.12 bits per heavy atom. The molecule has 0 saturated carbocycles. The van der Waals surface area contributed by atoms with Crippen LogP contribution in [0.5, 0.6) is 11.5 Å². The molecule has 1 aliphatic heterocycles. The second kappa shape index (κ2) is 6.45. The van der Waals surface area contributed by atoms with E-state index in [1.165, 1.54) is 4.31 Å². The van der Waals surface area contributed by atoms with E-state index in [0.717, 1.165) is 11.1 Å². The van der Waals surface area contributed by atoms with E-state index in [1.807, 2.05) is 43.3 Å². The van der Waals surface area contributed by atoms with Gasteiger partial charge in [-0.05, 0) is 43.2 Å². The third-order valence-electron chi connectivity index (χ3n) is 4.06. The van der Waals surface area contributed by atoms with Crippen LogP contribution in [0.3, 0.4) is 0 Å². The van der Waals surface area contributed by atoms with Gasteiger partial charge in [0.05, 0.1) is 11.4 Å². The van der Waals surface area contributed by atoms with Crippen LogP contribution in [0.4, 0.5) is 0 Å². The Morgan fingerprint density at radius 3 is 2.58 bits per heavy atom. The first kappa shape index (κ1) is 16.8. The minimum absolute atomic E-state index is 0.226. The monoisotopic (exact) mass is 347 g/mol. The predicted molar refractivity (Wildman–Crippen MR) is 92.1 cm³/mol. The second-order valence-corrected chi connectivity index (χ2v) is 8.07. The van der Waals surface area contributed by atoms with Crippen molar-refractivity contribution >= 4 is 10.0 Å². The number of fused-ring (bicyclic) bond motifs is 1. The molecule has 0 aromatic heterocycles. The first-order chi connectivity index (χ1) is 11.4. The standard InChI is InChI=1S/C18H21NO4S/c1-13-8-9-14(2)18(10-13)24(20,21)19(3)11-15-12-22-16-6-4-5-7-17(16)23-15/h4-10,15H,11-12H2,1-3H3/t15-/m1/s1. The molecular weight excluding hydrogens is 326 g/mol. The van der Waals surface area contributed by atoms with Crippen molar-refractivity contribution in [1.29, 1.82) is 0 Å². The number of para-hydroxylation sites is 2. The zero-order valence-electron chi connectivity index (χ0n) is 14.0. The van der Waals surface area contributed by atoms with Gasteiger partial charge < -0.3 is 9.47 Å². The lowest BCUT2D eigenvalue weighted by atomic mass is 10.2. The molecule has 0 amide bonds. The Bertz CT molecular complexity index is 848. The summed E-state index contributed by atoms with van der Waals surface area (Å²) in [7, 11) is -2.00. The van der Waals surface area contributed by atoms with Gasteiger partial charge in [-0.15, -0.1) is 0 Å². The highest BCUT2D eigenvalue weighted by Crippen LogP contribution is 2.31. The maximum absolute atomic E-state index is 12.9. The van der Waals surface area contributed by atoms with E-state index in [1.54, 1.807) is 20.0 Å². The second-order valence-electron chi connectivity index (χ2n) is 6.05. The number of benzene rings is 2. The Labute approximate surface area is 142 Å². The first-order valence-electron chi connectivity index (χ1n) is 7.80. The molecule has 0 aliphatic carbocycles. The third-order valence-corrected chi connectivity index (χ3v) is 6.03. The zero-order chi connectivity index (χ0) is 17.3. The molecule has 0 spiro atoms. The summed E-state index contributed by atoms with van der Waals surface area (Å²) in [5, 5.41) is 0. The van der Waals surface area contributed by atoms with Crippen molar-refractivity contribution in [3.8, 4) is 11.5 Å². The van der Waals surface area contributed by atoms with Crippen molar-refractivity contribution in [2.75, 3.05) is 20.2 Å². The van der Waals surface area contributed by atoms with Crippen molar-refractivity contribution in [3.05, 3.63) is 53.6 Å². The Balaban J connectivity index is 1.77. The van der Waals surface area contributed by atoms with Crippen LogP contribution >= 0.6 is 0 Å². The van der Waals surface area contributed by atoms with E-state index in [4.69, 9.17) is 9.47 Å². The summed E-state index contributed by atoms with van der Waals surface area (Å²) >= 11 is 0. The minimum Gasteiger partial charge on any atom is -0.486 e. The van der Waals surface area contributed by atoms with Crippen LogP contribution in [0, 0.1) is 13.8 Å². The van der Waals surface area contributed by atoms with Gasteiger partial charge in [0.2, 0.25) is 10.0 Å². The molecule has 0 N–H and O–H groups in total. The molecule has 24 heavy (non-hydrogen) atoms. The number of aryl methyl sites for hydroxylation is 2. The lowest BCUT2D eigenvalue weighted by Gasteiger charge is -2.29. The molecule has 1 atom stereocenters. The van der Waals surface area contributed by atoms with Crippen molar-refractivity contribution in [2.24, 2.45) is 0 Å². The van der Waals surface area contributed by atoms with Gasteiger partial charge in [0.1, 0.15) is 12.7 Å². The summed E-state index contributed by atoms with van der Waals surface area (Å²) in [4.78, 5) is 0.335. The quantitative estimate of drug-likeness (QED) is 0.853. The number of nitrogens with zero attached hydrogens (tertiary/aromatic N) is 1. The van der Waals surface area contributed by atoms with Crippen LogP contribution in [0.1, 0.15) is 11.1 Å². The van der Waals surface area contributed by atoms with E-state index >= 15 is 0 Å². The highest BCUT2D eigenvalue weighted by atomic mass is 32.2. The molecule has 0 fully saturated rings. The van der Waals surface area contributed by atoms with E-state index < -0.39 is 10.0 Å². The first-order valence-corrected chi connectivity index (χ1v) is 9.24. The van der Waals surface area contributed by atoms with E-state index in [9.17, 15) is 8.42 Å². The van der Waals surface area contributed by atoms with Crippen LogP contribution in [-0.4, -0.2) is 39.0 Å². The minimum atomic E-state index is -3.57. The largest absolute Gasteiger partial charge is 0.486 e. The SMILES string of the molecule is Cc1ccc(C)c(S(=O)(=O)N(C)C[C@@H]2COc3ccccc3O2)c1. The van der Waals surface area contributed by atoms with Gasteiger partial charge >= 0.3 is 0 Å². The average molecular weight is 347 g/mol. The van der Waals surface area contributed by atoms with Crippen LogP contribution in [0.25, 0.3) is 0 Å². The average Bonchev–Trinajstić information content (AvgIpc) is 2.56. The molecule has 0 bridgehead atoms. The molecule has 0 unspecified atom stereocenters. The fourth-order valence-electron chi connectivity index (χ4n) is 2.69. The van der Waals surface area contributed by atoms with Gasteiger partial charge in [-0.2, -0.15) is 4.31 Å². The maximum atomic E-state index is 12.9. The van der Waals surface area contributed by atoms with E-state index in [0.29, 0.717) is 23.0 Å². The normalized spacial score (nSPS) is 17.1. The fourth-order valence-corrected chi connectivity index (χ4v) is 4.20. The molecule has 128 valence electrons. The summed E-state index contributed by atoms with van der Waals surface area (Å²) < 4.78 is 38.5. The summed E-state index contributed by atoms with van der Waals surface area (Å²) in [5.41, 5.74) is 1.65. The van der Waals surface area contributed by atoms with Crippen LogP contribution in [0.15, 0.2) is 47.4 Å². The summed E-state index contributed by atoms with van der Waals surface area (Å²) in [6.45, 7) is 4.23. The molecular formula is C18H21NO4S. The summed E-state index contributed by atoms with van der Waals surface area (Å²) in [5.74, 6) is 1.33. The van der Waals surface area contributed by atoms with Gasteiger partial charge in [0, 0.05) is 7.05 Å². The van der Waals surface area contributed by atoms with Gasteiger partial charge in [-0.25, -0.2) is 8.42 Å². The zero-order valence-corrected chi connectivity index (χ0v) is 14.8. The molecule has 3 rings (SSSR count). The Kier molecular flexibility index (Phi) is 4.51. The molecule has 6 heteroatoms. The van der Waals surface area contributed by atoms with Crippen molar-refractivity contribution in [3.63, 3.8) is 0 Å². The Morgan fingerprint density at radius 2 is 1.83 bits per heavy atom. The van der Waals surface area contributed by atoms with Gasteiger partial charge in [0.25, 0.3) is 0 Å². The molecule has 1 aliphatic rings. The van der Waals surface area contributed by atoms with Crippen molar-refractivity contribution in [2.45, 2.75) is 24.8 Å². The number of sulfonamides is 1. The van der Waals surface area contributed by atoms with E-state index in [-0.39, 0.29) is 12.6 Å². The molecule has 1 heterocycles. The molecule has 0 radical (unpaired) electrons. The number of hydrogen-bond donors (Lipinski definition) is 0. The highest BCUT2D eigenvalue weighted by Gasteiger charge is 2.28. The molecule has 5 nitrogen and oxygen atoms in total. The van der Waals surface area contributed by atoms with Gasteiger partial charge in [-0.3, -0.25) is 0 Å². The number of ether oxygens (including phenoxy) is 2. The van der Waals surface area contributed by atoms with Crippen LogP contribution in [-0.2, 0) is 10.0 Å². The van der Waals surface area contributed by atoms with Gasteiger partial charge in [-0.1, -0.05) is 24.3 Å². The maximum Gasteiger partial charge on any atom is 0.243 e. The highest BCUT2D eigenvalue weighted by molar-refractivity contribution is 7.89. The summed E-state index contributed by atoms with van der Waals surface area (Å²) in [6, 6.07) is 12.8. The van der Waals surface area contributed by atoms with E-state index in [2.05, 4.69) is 0 Å². The lowest BCUT2D eigenvalue weighted by molar-refractivity contribution is 0.0798. The van der Waals surface area contributed by atoms with Gasteiger partial charge in [0.15, 0.2) is 11.5 Å². The molecule has 0 saturated heterocycles. The third kappa shape index (κ3) is 3.25. The Hall–Kier alpha value is -2.05. The molecule has 2 aromatic rings. The number of rotatable bonds is 4. The predicted octanol–water partition coefficient (Wildman–Crippen LogP) is 2.76. The smallest absolute Gasteiger partial charge is 0.243 e. The number of likely N-dealkylation sites (N-methyl/N-ethyl adjacent to an activating group) is 1. The lowest BCUT2D eigenvalue weighted by Crippen LogP contribution is -2.41. The van der Waals surface area contributed by atoms with Crippen LogP contribution in [0.2, 0.25) is 0 Å². The summed E-state index contributed by atoms with van der Waals surface area (Å²) in [6.07, 6.45) is -0.343. The molecule has 2 aromatic carbocycles. The van der Waals surface area contributed by atoms with Crippen LogP contribution < -0.4 is 9.47 Å².